The van der Waals surface area contributed by atoms with Crippen molar-refractivity contribution in [3.63, 3.8) is 0 Å². The maximum absolute atomic E-state index is 10.6. The first-order valence-electron chi connectivity index (χ1n) is 5.99. The molecular weight excluding hydrogens is 248 g/mol. The highest BCUT2D eigenvalue weighted by molar-refractivity contribution is 6.30. The molecular formula is C15H21ClO2. The van der Waals surface area contributed by atoms with Gasteiger partial charge in [-0.05, 0) is 24.3 Å². The van der Waals surface area contributed by atoms with Crippen LogP contribution in [0, 0.1) is 11.8 Å². The first kappa shape index (κ1) is 18.9. The van der Waals surface area contributed by atoms with Crippen LogP contribution in [0.2, 0.25) is 5.02 Å². The highest BCUT2D eigenvalue weighted by Crippen LogP contribution is 2.08. The van der Waals surface area contributed by atoms with Gasteiger partial charge in [0, 0.05) is 16.5 Å². The summed E-state index contributed by atoms with van der Waals surface area (Å²) in [5.41, 5.74) is 0.731. The Labute approximate surface area is 115 Å². The molecule has 3 heteroatoms. The van der Waals surface area contributed by atoms with Crippen LogP contribution in [0.4, 0.5) is 0 Å². The van der Waals surface area contributed by atoms with Crippen LogP contribution in [0.25, 0.3) is 0 Å². The van der Waals surface area contributed by atoms with Crippen LogP contribution >= 0.6 is 11.6 Å². The fraction of sp³-hybridized carbons (Fsp3) is 0.400. The Morgan fingerprint density at radius 1 is 1.22 bits per heavy atom. The molecule has 0 fully saturated rings. The van der Waals surface area contributed by atoms with Gasteiger partial charge in [-0.3, -0.25) is 0 Å². The van der Waals surface area contributed by atoms with Gasteiger partial charge in [0.15, 0.2) is 0 Å². The molecule has 0 saturated carbocycles. The largest absolute Gasteiger partial charge is 0.459 e. The zero-order valence-corrected chi connectivity index (χ0v) is 12.5. The minimum atomic E-state index is -0.546. The number of hydrogen-bond acceptors (Lipinski definition) is 2. The fourth-order valence-electron chi connectivity index (χ4n) is 0.707. The minimum absolute atomic E-state index is 0.546. The van der Waals surface area contributed by atoms with Gasteiger partial charge >= 0.3 is 5.97 Å². The van der Waals surface area contributed by atoms with Crippen LogP contribution in [0.5, 0.6) is 0 Å². The molecule has 0 saturated heterocycles. The van der Waals surface area contributed by atoms with E-state index in [4.69, 9.17) is 11.6 Å². The summed E-state index contributed by atoms with van der Waals surface area (Å²) in [4.78, 5) is 10.6. The van der Waals surface area contributed by atoms with Gasteiger partial charge in [0.25, 0.3) is 0 Å². The third-order valence-corrected chi connectivity index (χ3v) is 1.59. The van der Waals surface area contributed by atoms with Gasteiger partial charge in [0.1, 0.15) is 0 Å². The number of ether oxygens (including phenoxy) is 1. The van der Waals surface area contributed by atoms with E-state index < -0.39 is 5.97 Å². The number of esters is 1. The zero-order chi connectivity index (χ0) is 14.4. The van der Waals surface area contributed by atoms with Crippen molar-refractivity contribution in [2.24, 2.45) is 0 Å². The van der Waals surface area contributed by atoms with Crippen LogP contribution in [0.3, 0.4) is 0 Å². The lowest BCUT2D eigenvalue weighted by Gasteiger charge is -1.89. The number of hydrogen-bond donors (Lipinski definition) is 0. The van der Waals surface area contributed by atoms with Gasteiger partial charge in [0.05, 0.1) is 7.11 Å². The molecule has 0 unspecified atom stereocenters. The topological polar surface area (TPSA) is 26.3 Å². The van der Waals surface area contributed by atoms with Crippen molar-refractivity contribution in [1.82, 2.24) is 0 Å². The van der Waals surface area contributed by atoms with Crippen LogP contribution in [0.15, 0.2) is 24.3 Å². The fourth-order valence-corrected chi connectivity index (χ4v) is 0.833. The summed E-state index contributed by atoms with van der Waals surface area (Å²) in [6, 6.07) is 6.89. The summed E-state index contributed by atoms with van der Waals surface area (Å²) in [6.45, 7) is 8.25. The molecule has 0 N–H and O–H groups in total. The summed E-state index contributed by atoms with van der Waals surface area (Å²) >= 11 is 5.66. The number of benzene rings is 1. The Hall–Kier alpha value is -1.46. The maximum Gasteiger partial charge on any atom is 0.384 e. The third-order valence-electron chi connectivity index (χ3n) is 1.34. The molecule has 18 heavy (non-hydrogen) atoms. The second-order valence-electron chi connectivity index (χ2n) is 2.96. The predicted molar refractivity (Wildman–Crippen MR) is 77.7 cm³/mol. The zero-order valence-electron chi connectivity index (χ0n) is 11.7. The maximum atomic E-state index is 10.6. The summed E-state index contributed by atoms with van der Waals surface area (Å²) in [5, 5.41) is 0.642. The second kappa shape index (κ2) is 13.6. The molecule has 1 rings (SSSR count). The summed E-state index contributed by atoms with van der Waals surface area (Å²) in [5.74, 6) is 4.41. The van der Waals surface area contributed by atoms with Gasteiger partial charge in [-0.25, -0.2) is 4.79 Å². The highest BCUT2D eigenvalue weighted by atomic mass is 35.5. The lowest BCUT2D eigenvalue weighted by Crippen LogP contribution is -1.94. The summed E-state index contributed by atoms with van der Waals surface area (Å²) in [6.07, 6.45) is 1.25. The minimum Gasteiger partial charge on any atom is -0.459 e. The number of methoxy groups -OCH3 is 1. The van der Waals surface area contributed by atoms with E-state index in [1.54, 1.807) is 24.3 Å². The summed E-state index contributed by atoms with van der Waals surface area (Å²) < 4.78 is 4.36. The third kappa shape index (κ3) is 11.0. The van der Waals surface area contributed by atoms with Crippen molar-refractivity contribution < 1.29 is 9.53 Å². The molecule has 0 aromatic heterocycles. The molecule has 1 aromatic carbocycles. The quantitative estimate of drug-likeness (QED) is 0.518. The Morgan fingerprint density at radius 2 is 1.67 bits per heavy atom. The molecule has 0 aliphatic carbocycles. The number of carbonyl (C=O) groups is 1. The number of rotatable bonds is 0. The van der Waals surface area contributed by atoms with Crippen molar-refractivity contribution in [2.45, 2.75) is 34.1 Å². The lowest BCUT2D eigenvalue weighted by atomic mass is 10.2. The molecule has 100 valence electrons. The predicted octanol–water partition coefficient (Wildman–Crippen LogP) is 4.31. The van der Waals surface area contributed by atoms with E-state index in [0.717, 1.165) is 5.56 Å². The number of halogens is 1. The average molecular weight is 269 g/mol. The van der Waals surface area contributed by atoms with E-state index in [9.17, 15) is 4.79 Å². The van der Waals surface area contributed by atoms with Crippen LogP contribution in [0.1, 0.15) is 39.7 Å². The Morgan fingerprint density at radius 3 is 2.06 bits per heavy atom. The highest BCUT2D eigenvalue weighted by Gasteiger charge is 1.90. The van der Waals surface area contributed by atoms with E-state index in [-0.39, 0.29) is 0 Å². The first-order chi connectivity index (χ1) is 8.63. The molecule has 0 bridgehead atoms. The van der Waals surface area contributed by atoms with E-state index in [1.807, 2.05) is 13.8 Å². The summed E-state index contributed by atoms with van der Waals surface area (Å²) in [7, 11) is 1.29. The molecule has 1 aromatic rings. The molecule has 0 radical (unpaired) electrons. The Balaban J connectivity index is 0. The molecule has 0 amide bonds. The molecule has 0 aliphatic heterocycles. The average Bonchev–Trinajstić information content (AvgIpc) is 2.41. The molecule has 0 atom stereocenters. The van der Waals surface area contributed by atoms with Gasteiger partial charge in [-0.15, -0.1) is 0 Å². The van der Waals surface area contributed by atoms with Gasteiger partial charge in [0.2, 0.25) is 0 Å². The van der Waals surface area contributed by atoms with Gasteiger partial charge < -0.3 is 4.74 Å². The van der Waals surface area contributed by atoms with Crippen LogP contribution in [-0.4, -0.2) is 13.1 Å². The second-order valence-corrected chi connectivity index (χ2v) is 3.39. The molecule has 2 nitrogen and oxygen atoms in total. The van der Waals surface area contributed by atoms with Gasteiger partial charge in [-0.1, -0.05) is 51.6 Å². The van der Waals surface area contributed by atoms with E-state index >= 15 is 0 Å². The smallest absolute Gasteiger partial charge is 0.384 e. The Kier molecular flexibility index (Phi) is 14.3. The van der Waals surface area contributed by atoms with E-state index in [2.05, 4.69) is 30.4 Å². The lowest BCUT2D eigenvalue weighted by molar-refractivity contribution is -0.133. The standard InChI is InChI=1S/C10H7ClO2.C3H8.C2H6/c1-13-10(12)7-4-8-2-5-9(11)6-3-8;1-3-2;1-2/h2-3,5-6H,1H3;3H2,1-2H3;1-2H3. The van der Waals surface area contributed by atoms with Crippen molar-refractivity contribution in [3.05, 3.63) is 34.9 Å². The SMILES string of the molecule is CC.CCC.COC(=O)C#Cc1ccc(Cl)cc1. The van der Waals surface area contributed by atoms with Crippen molar-refractivity contribution in [3.8, 4) is 11.8 Å². The molecule has 0 aliphatic rings. The van der Waals surface area contributed by atoms with Crippen LogP contribution < -0.4 is 0 Å². The van der Waals surface area contributed by atoms with E-state index in [0.29, 0.717) is 5.02 Å². The molecule has 0 spiro atoms. The monoisotopic (exact) mass is 268 g/mol. The van der Waals surface area contributed by atoms with Crippen molar-refractivity contribution in [2.75, 3.05) is 7.11 Å². The normalized spacial score (nSPS) is 7.44. The van der Waals surface area contributed by atoms with Crippen molar-refractivity contribution in [1.29, 1.82) is 0 Å². The Bertz CT molecular complexity index is 372. The number of carbonyl (C=O) groups excluding carboxylic acids is 1. The van der Waals surface area contributed by atoms with Crippen LogP contribution in [-0.2, 0) is 9.53 Å². The van der Waals surface area contributed by atoms with Crippen molar-refractivity contribution >= 4 is 17.6 Å². The van der Waals surface area contributed by atoms with E-state index in [1.165, 1.54) is 13.5 Å². The van der Waals surface area contributed by atoms with Gasteiger partial charge in [-0.2, -0.15) is 0 Å². The first-order valence-corrected chi connectivity index (χ1v) is 6.37. The molecule has 0 heterocycles.